The molecular weight excluding hydrogens is 230 g/mol. The lowest BCUT2D eigenvalue weighted by Gasteiger charge is -2.14. The molecule has 0 aliphatic heterocycles. The summed E-state index contributed by atoms with van der Waals surface area (Å²) < 4.78 is 0. The van der Waals surface area contributed by atoms with Gasteiger partial charge >= 0.3 is 0 Å². The molecule has 0 saturated heterocycles. The fraction of sp³-hybridized carbons (Fsp3) is 0.214. The molecule has 1 aromatic heterocycles. The van der Waals surface area contributed by atoms with Crippen LogP contribution in [0.1, 0.15) is 17.2 Å². The zero-order valence-corrected chi connectivity index (χ0v) is 10.5. The Morgan fingerprint density at radius 3 is 2.76 bits per heavy atom. The third-order valence-corrected chi connectivity index (χ3v) is 3.46. The zero-order chi connectivity index (χ0) is 12.1. The SMILES string of the molecule is CSc1ccccc1C(O)Cc1cccnc1. The summed E-state index contributed by atoms with van der Waals surface area (Å²) in [5, 5.41) is 10.2. The Morgan fingerprint density at radius 1 is 1.24 bits per heavy atom. The second-order valence-corrected chi connectivity index (χ2v) is 4.67. The van der Waals surface area contributed by atoms with E-state index in [1.54, 1.807) is 24.2 Å². The second kappa shape index (κ2) is 5.84. The summed E-state index contributed by atoms with van der Waals surface area (Å²) in [6.07, 6.45) is 5.69. The van der Waals surface area contributed by atoms with Crippen LogP contribution in [0.2, 0.25) is 0 Å². The van der Waals surface area contributed by atoms with Crippen LogP contribution in [0.15, 0.2) is 53.7 Å². The minimum absolute atomic E-state index is 0.470. The first-order valence-corrected chi connectivity index (χ1v) is 6.73. The smallest absolute Gasteiger partial charge is 0.0841 e. The Hall–Kier alpha value is -1.32. The Morgan fingerprint density at radius 2 is 2.06 bits per heavy atom. The average Bonchev–Trinajstić information content (AvgIpc) is 2.40. The second-order valence-electron chi connectivity index (χ2n) is 3.82. The quantitative estimate of drug-likeness (QED) is 0.840. The highest BCUT2D eigenvalue weighted by Gasteiger charge is 2.12. The first-order chi connectivity index (χ1) is 8.31. The number of aromatic nitrogens is 1. The van der Waals surface area contributed by atoms with Gasteiger partial charge in [-0.1, -0.05) is 24.3 Å². The number of hydrogen-bond donors (Lipinski definition) is 1. The summed E-state index contributed by atoms with van der Waals surface area (Å²) in [7, 11) is 0. The lowest BCUT2D eigenvalue weighted by Crippen LogP contribution is -2.03. The molecule has 2 aromatic rings. The predicted molar refractivity (Wildman–Crippen MR) is 71.1 cm³/mol. The van der Waals surface area contributed by atoms with E-state index in [2.05, 4.69) is 4.98 Å². The standard InChI is InChI=1S/C14H15NOS/c1-17-14-7-3-2-6-12(14)13(16)9-11-5-4-8-15-10-11/h2-8,10,13,16H,9H2,1H3. The minimum Gasteiger partial charge on any atom is -0.388 e. The van der Waals surface area contributed by atoms with Crippen molar-refractivity contribution in [3.8, 4) is 0 Å². The van der Waals surface area contributed by atoms with E-state index in [-0.39, 0.29) is 0 Å². The number of thioether (sulfide) groups is 1. The molecule has 0 bridgehead atoms. The lowest BCUT2D eigenvalue weighted by atomic mass is 10.0. The van der Waals surface area contributed by atoms with Gasteiger partial charge in [0.15, 0.2) is 0 Å². The van der Waals surface area contributed by atoms with Crippen LogP contribution in [-0.2, 0) is 6.42 Å². The summed E-state index contributed by atoms with van der Waals surface area (Å²) in [5.74, 6) is 0. The molecular formula is C14H15NOS. The molecule has 1 N–H and O–H groups in total. The van der Waals surface area contributed by atoms with Crippen molar-refractivity contribution in [3.05, 3.63) is 59.9 Å². The van der Waals surface area contributed by atoms with Crippen molar-refractivity contribution in [1.82, 2.24) is 4.98 Å². The lowest BCUT2D eigenvalue weighted by molar-refractivity contribution is 0.175. The topological polar surface area (TPSA) is 33.1 Å². The van der Waals surface area contributed by atoms with Crippen molar-refractivity contribution in [2.75, 3.05) is 6.26 Å². The van der Waals surface area contributed by atoms with Gasteiger partial charge in [-0.3, -0.25) is 4.98 Å². The molecule has 0 radical (unpaired) electrons. The van der Waals surface area contributed by atoms with Gasteiger partial charge in [0.2, 0.25) is 0 Å². The molecule has 0 fully saturated rings. The van der Waals surface area contributed by atoms with Crippen LogP contribution in [0.25, 0.3) is 0 Å². The maximum absolute atomic E-state index is 10.2. The first kappa shape index (κ1) is 12.1. The van der Waals surface area contributed by atoms with Gasteiger partial charge in [0.05, 0.1) is 6.10 Å². The normalized spacial score (nSPS) is 12.4. The van der Waals surface area contributed by atoms with Crippen LogP contribution in [0.5, 0.6) is 0 Å². The van der Waals surface area contributed by atoms with Gasteiger partial charge in [0, 0.05) is 23.7 Å². The molecule has 0 aliphatic rings. The number of benzene rings is 1. The van der Waals surface area contributed by atoms with Crippen molar-refractivity contribution in [1.29, 1.82) is 0 Å². The molecule has 2 rings (SSSR count). The molecule has 0 aliphatic carbocycles. The van der Waals surface area contributed by atoms with Crippen molar-refractivity contribution < 1.29 is 5.11 Å². The molecule has 0 amide bonds. The minimum atomic E-state index is -0.470. The third-order valence-electron chi connectivity index (χ3n) is 2.65. The summed E-state index contributed by atoms with van der Waals surface area (Å²) >= 11 is 1.66. The highest BCUT2D eigenvalue weighted by molar-refractivity contribution is 7.98. The maximum Gasteiger partial charge on any atom is 0.0841 e. The van der Waals surface area contributed by atoms with Gasteiger partial charge in [0.25, 0.3) is 0 Å². The molecule has 0 saturated carbocycles. The fourth-order valence-electron chi connectivity index (χ4n) is 1.79. The van der Waals surface area contributed by atoms with Gasteiger partial charge in [-0.25, -0.2) is 0 Å². The predicted octanol–water partition coefficient (Wildman–Crippen LogP) is 3.08. The Labute approximate surface area is 106 Å². The molecule has 1 aromatic carbocycles. The molecule has 1 atom stereocenters. The van der Waals surface area contributed by atoms with Gasteiger partial charge in [0.1, 0.15) is 0 Å². The number of rotatable bonds is 4. The molecule has 3 heteroatoms. The maximum atomic E-state index is 10.2. The van der Waals surface area contributed by atoms with Crippen molar-refractivity contribution >= 4 is 11.8 Å². The average molecular weight is 245 g/mol. The number of hydrogen-bond acceptors (Lipinski definition) is 3. The summed E-state index contributed by atoms with van der Waals surface area (Å²) in [4.78, 5) is 5.19. The van der Waals surface area contributed by atoms with E-state index in [9.17, 15) is 5.11 Å². The molecule has 0 spiro atoms. The molecule has 2 nitrogen and oxygen atoms in total. The van der Waals surface area contributed by atoms with E-state index < -0.39 is 6.10 Å². The number of aliphatic hydroxyl groups is 1. The van der Waals surface area contributed by atoms with E-state index in [4.69, 9.17) is 0 Å². The van der Waals surface area contributed by atoms with Crippen LogP contribution in [0.4, 0.5) is 0 Å². The highest BCUT2D eigenvalue weighted by Crippen LogP contribution is 2.27. The van der Waals surface area contributed by atoms with Gasteiger partial charge < -0.3 is 5.11 Å². The Kier molecular flexibility index (Phi) is 4.18. The monoisotopic (exact) mass is 245 g/mol. The van der Waals surface area contributed by atoms with Crippen molar-refractivity contribution in [3.63, 3.8) is 0 Å². The van der Waals surface area contributed by atoms with Crippen LogP contribution in [-0.4, -0.2) is 16.3 Å². The van der Waals surface area contributed by atoms with Crippen molar-refractivity contribution in [2.24, 2.45) is 0 Å². The van der Waals surface area contributed by atoms with Crippen LogP contribution >= 0.6 is 11.8 Å². The molecule has 1 heterocycles. The van der Waals surface area contributed by atoms with E-state index in [0.717, 1.165) is 16.0 Å². The fourth-order valence-corrected chi connectivity index (χ4v) is 2.45. The van der Waals surface area contributed by atoms with Crippen LogP contribution in [0.3, 0.4) is 0 Å². The van der Waals surface area contributed by atoms with E-state index >= 15 is 0 Å². The summed E-state index contributed by atoms with van der Waals surface area (Å²) in [5.41, 5.74) is 2.04. The zero-order valence-electron chi connectivity index (χ0n) is 9.71. The van der Waals surface area contributed by atoms with Gasteiger partial charge in [-0.2, -0.15) is 0 Å². The summed E-state index contributed by atoms with van der Waals surface area (Å²) in [6.45, 7) is 0. The third kappa shape index (κ3) is 3.08. The Bertz CT molecular complexity index is 473. The highest BCUT2D eigenvalue weighted by atomic mass is 32.2. The molecule has 17 heavy (non-hydrogen) atoms. The molecule has 1 unspecified atom stereocenters. The van der Waals surface area contributed by atoms with Gasteiger partial charge in [-0.05, 0) is 29.5 Å². The van der Waals surface area contributed by atoms with E-state index in [1.807, 2.05) is 42.7 Å². The van der Waals surface area contributed by atoms with E-state index in [0.29, 0.717) is 6.42 Å². The van der Waals surface area contributed by atoms with E-state index in [1.165, 1.54) is 0 Å². The number of nitrogens with zero attached hydrogens (tertiary/aromatic N) is 1. The number of pyridine rings is 1. The van der Waals surface area contributed by atoms with Crippen LogP contribution < -0.4 is 0 Å². The van der Waals surface area contributed by atoms with Gasteiger partial charge in [-0.15, -0.1) is 11.8 Å². The Balaban J connectivity index is 2.17. The summed E-state index contributed by atoms with van der Waals surface area (Å²) in [6, 6.07) is 11.8. The largest absolute Gasteiger partial charge is 0.388 e. The number of aliphatic hydroxyl groups excluding tert-OH is 1. The first-order valence-electron chi connectivity index (χ1n) is 5.51. The molecule has 88 valence electrons. The van der Waals surface area contributed by atoms with Crippen LogP contribution in [0, 0.1) is 0 Å². The van der Waals surface area contributed by atoms with Crippen molar-refractivity contribution in [2.45, 2.75) is 17.4 Å².